The summed E-state index contributed by atoms with van der Waals surface area (Å²) in [4.78, 5) is 11.7. The molecule has 4 heteroatoms. The molecule has 0 spiro atoms. The largest absolute Gasteiger partial charge is 0.355 e. The van der Waals surface area contributed by atoms with Crippen LogP contribution in [0, 0.1) is 5.82 Å². The molecule has 0 radical (unpaired) electrons. The van der Waals surface area contributed by atoms with E-state index in [0.717, 1.165) is 19.4 Å². The van der Waals surface area contributed by atoms with Gasteiger partial charge in [-0.1, -0.05) is 48.5 Å². The van der Waals surface area contributed by atoms with Crippen molar-refractivity contribution in [1.29, 1.82) is 0 Å². The minimum Gasteiger partial charge on any atom is -0.355 e. The highest BCUT2D eigenvalue weighted by atomic mass is 19.1. The van der Waals surface area contributed by atoms with E-state index in [9.17, 15) is 9.18 Å². The SMILES string of the molecule is O=C(CNCCCc1ccccc1)NCCc1ccccc1F. The first kappa shape index (κ1) is 17.2. The Bertz CT molecular complexity index is 601. The second-order valence-corrected chi connectivity index (χ2v) is 5.46. The Hall–Kier alpha value is -2.20. The fourth-order valence-corrected chi connectivity index (χ4v) is 2.36. The second kappa shape index (κ2) is 9.74. The van der Waals surface area contributed by atoms with Gasteiger partial charge in [-0.05, 0) is 43.0 Å². The molecule has 3 nitrogen and oxygen atoms in total. The highest BCUT2D eigenvalue weighted by Crippen LogP contribution is 2.06. The summed E-state index contributed by atoms with van der Waals surface area (Å²) in [7, 11) is 0. The van der Waals surface area contributed by atoms with Crippen molar-refractivity contribution in [2.24, 2.45) is 0 Å². The molecule has 0 saturated heterocycles. The number of aryl methyl sites for hydroxylation is 1. The summed E-state index contributed by atoms with van der Waals surface area (Å²) in [5.41, 5.74) is 1.94. The topological polar surface area (TPSA) is 41.1 Å². The van der Waals surface area contributed by atoms with Gasteiger partial charge in [-0.15, -0.1) is 0 Å². The van der Waals surface area contributed by atoms with Gasteiger partial charge in [0.2, 0.25) is 5.91 Å². The van der Waals surface area contributed by atoms with E-state index in [4.69, 9.17) is 0 Å². The lowest BCUT2D eigenvalue weighted by atomic mass is 10.1. The van der Waals surface area contributed by atoms with Crippen molar-refractivity contribution in [2.75, 3.05) is 19.6 Å². The maximum Gasteiger partial charge on any atom is 0.233 e. The third-order valence-corrected chi connectivity index (χ3v) is 3.62. The lowest BCUT2D eigenvalue weighted by molar-refractivity contribution is -0.120. The van der Waals surface area contributed by atoms with Crippen LogP contribution in [0.3, 0.4) is 0 Å². The lowest BCUT2D eigenvalue weighted by Gasteiger charge is -2.07. The fourth-order valence-electron chi connectivity index (χ4n) is 2.36. The van der Waals surface area contributed by atoms with Crippen LogP contribution in [0.2, 0.25) is 0 Å². The summed E-state index contributed by atoms with van der Waals surface area (Å²) in [5, 5.41) is 5.93. The van der Waals surface area contributed by atoms with E-state index in [0.29, 0.717) is 25.1 Å². The molecule has 1 amide bonds. The molecule has 0 unspecified atom stereocenters. The number of halogens is 1. The molecular weight excluding hydrogens is 291 g/mol. The molecule has 0 bridgehead atoms. The molecule has 122 valence electrons. The first-order valence-corrected chi connectivity index (χ1v) is 8.00. The number of hydrogen-bond donors (Lipinski definition) is 2. The first-order valence-electron chi connectivity index (χ1n) is 8.00. The van der Waals surface area contributed by atoms with Gasteiger partial charge in [0.15, 0.2) is 0 Å². The first-order chi connectivity index (χ1) is 11.3. The van der Waals surface area contributed by atoms with Gasteiger partial charge in [-0.25, -0.2) is 4.39 Å². The highest BCUT2D eigenvalue weighted by Gasteiger charge is 2.03. The maximum absolute atomic E-state index is 13.4. The standard InChI is InChI=1S/C19H23FN2O/c20-18-11-5-4-10-17(18)12-14-22-19(23)15-21-13-6-9-16-7-2-1-3-8-16/h1-5,7-8,10-11,21H,6,9,12-15H2,(H,22,23). The van der Waals surface area contributed by atoms with Crippen molar-refractivity contribution in [1.82, 2.24) is 10.6 Å². The van der Waals surface area contributed by atoms with Crippen molar-refractivity contribution in [3.63, 3.8) is 0 Å². The summed E-state index contributed by atoms with van der Waals surface area (Å²) in [6.45, 7) is 1.55. The molecule has 0 saturated carbocycles. The van der Waals surface area contributed by atoms with Crippen LogP contribution >= 0.6 is 0 Å². The third-order valence-electron chi connectivity index (χ3n) is 3.62. The van der Waals surface area contributed by atoms with Gasteiger partial charge in [-0.3, -0.25) is 4.79 Å². The number of amides is 1. The molecule has 2 rings (SSSR count). The van der Waals surface area contributed by atoms with Crippen LogP contribution in [0.1, 0.15) is 17.5 Å². The average Bonchev–Trinajstić information content (AvgIpc) is 2.57. The Balaban J connectivity index is 1.53. The van der Waals surface area contributed by atoms with Crippen molar-refractivity contribution < 1.29 is 9.18 Å². The van der Waals surface area contributed by atoms with Gasteiger partial charge in [-0.2, -0.15) is 0 Å². The van der Waals surface area contributed by atoms with Gasteiger partial charge in [0.05, 0.1) is 6.54 Å². The summed E-state index contributed by atoms with van der Waals surface area (Å²) in [5.74, 6) is -0.276. The smallest absolute Gasteiger partial charge is 0.233 e. The lowest BCUT2D eigenvalue weighted by Crippen LogP contribution is -2.35. The van der Waals surface area contributed by atoms with E-state index >= 15 is 0 Å². The van der Waals surface area contributed by atoms with E-state index in [1.807, 2.05) is 18.2 Å². The zero-order valence-electron chi connectivity index (χ0n) is 13.2. The van der Waals surface area contributed by atoms with Gasteiger partial charge in [0, 0.05) is 6.54 Å². The fraction of sp³-hybridized carbons (Fsp3) is 0.316. The van der Waals surface area contributed by atoms with Crippen molar-refractivity contribution >= 4 is 5.91 Å². The molecule has 0 aliphatic heterocycles. The Morgan fingerprint density at radius 3 is 2.43 bits per heavy atom. The van der Waals surface area contributed by atoms with E-state index in [-0.39, 0.29) is 11.7 Å². The number of hydrogen-bond acceptors (Lipinski definition) is 2. The van der Waals surface area contributed by atoms with Gasteiger partial charge in [0.25, 0.3) is 0 Å². The number of carbonyl (C=O) groups excluding carboxylic acids is 1. The Labute approximate surface area is 136 Å². The summed E-state index contributed by atoms with van der Waals surface area (Å²) < 4.78 is 13.4. The number of nitrogens with one attached hydrogen (secondary N) is 2. The van der Waals surface area contributed by atoms with Crippen LogP contribution in [-0.2, 0) is 17.6 Å². The number of carbonyl (C=O) groups is 1. The summed E-state index contributed by atoms with van der Waals surface area (Å²) >= 11 is 0. The Kier molecular flexibility index (Phi) is 7.27. The molecule has 0 aromatic heterocycles. The van der Waals surface area contributed by atoms with Crippen LogP contribution in [0.25, 0.3) is 0 Å². The van der Waals surface area contributed by atoms with Crippen LogP contribution in [0.15, 0.2) is 54.6 Å². The van der Waals surface area contributed by atoms with E-state index in [1.165, 1.54) is 11.6 Å². The zero-order valence-corrected chi connectivity index (χ0v) is 13.2. The predicted molar refractivity (Wildman–Crippen MR) is 90.7 cm³/mol. The average molecular weight is 314 g/mol. The van der Waals surface area contributed by atoms with Crippen LogP contribution in [0.4, 0.5) is 4.39 Å². The molecule has 0 heterocycles. The van der Waals surface area contributed by atoms with Crippen LogP contribution in [-0.4, -0.2) is 25.5 Å². The van der Waals surface area contributed by atoms with Crippen LogP contribution in [0.5, 0.6) is 0 Å². The Morgan fingerprint density at radius 2 is 1.65 bits per heavy atom. The van der Waals surface area contributed by atoms with Crippen molar-refractivity contribution in [3.05, 3.63) is 71.5 Å². The van der Waals surface area contributed by atoms with E-state index in [1.54, 1.807) is 18.2 Å². The van der Waals surface area contributed by atoms with Crippen molar-refractivity contribution in [2.45, 2.75) is 19.3 Å². The molecule has 23 heavy (non-hydrogen) atoms. The summed E-state index contributed by atoms with van der Waals surface area (Å²) in [6, 6.07) is 16.9. The number of benzene rings is 2. The van der Waals surface area contributed by atoms with E-state index < -0.39 is 0 Å². The number of rotatable bonds is 9. The molecular formula is C19H23FN2O. The third kappa shape index (κ3) is 6.61. The predicted octanol–water partition coefficient (Wildman–Crippen LogP) is 2.71. The van der Waals surface area contributed by atoms with Crippen LogP contribution < -0.4 is 10.6 Å². The molecule has 0 aliphatic rings. The molecule has 0 fully saturated rings. The summed E-state index contributed by atoms with van der Waals surface area (Å²) in [6.07, 6.45) is 2.50. The minimum atomic E-state index is -0.221. The highest BCUT2D eigenvalue weighted by molar-refractivity contribution is 5.77. The molecule has 2 N–H and O–H groups in total. The quantitative estimate of drug-likeness (QED) is 0.699. The molecule has 0 aliphatic carbocycles. The van der Waals surface area contributed by atoms with Gasteiger partial charge in [0.1, 0.15) is 5.82 Å². The normalized spacial score (nSPS) is 10.5. The second-order valence-electron chi connectivity index (χ2n) is 5.46. The van der Waals surface area contributed by atoms with Gasteiger partial charge >= 0.3 is 0 Å². The maximum atomic E-state index is 13.4. The minimum absolute atomic E-state index is 0.0546. The monoisotopic (exact) mass is 314 g/mol. The molecule has 0 atom stereocenters. The van der Waals surface area contributed by atoms with E-state index in [2.05, 4.69) is 22.8 Å². The zero-order chi connectivity index (χ0) is 16.3. The molecule has 2 aromatic rings. The van der Waals surface area contributed by atoms with Crippen molar-refractivity contribution in [3.8, 4) is 0 Å². The Morgan fingerprint density at radius 1 is 0.913 bits per heavy atom. The molecule has 2 aromatic carbocycles. The van der Waals surface area contributed by atoms with Gasteiger partial charge < -0.3 is 10.6 Å².